The summed E-state index contributed by atoms with van der Waals surface area (Å²) in [7, 11) is 0. The van der Waals surface area contributed by atoms with E-state index in [-0.39, 0.29) is 23.4 Å². The van der Waals surface area contributed by atoms with E-state index < -0.39 is 0 Å². The number of para-hydroxylation sites is 2. The Hall–Kier alpha value is -1.55. The van der Waals surface area contributed by atoms with Crippen molar-refractivity contribution in [3.05, 3.63) is 24.3 Å². The van der Waals surface area contributed by atoms with E-state index >= 15 is 0 Å². The number of nitrogens with one attached hydrogen (secondary N) is 2. The molecule has 0 radical (unpaired) electrons. The highest BCUT2D eigenvalue weighted by molar-refractivity contribution is 5.96. The molecule has 2 unspecified atom stereocenters. The van der Waals surface area contributed by atoms with E-state index in [1.165, 1.54) is 38.5 Å². The summed E-state index contributed by atoms with van der Waals surface area (Å²) < 4.78 is 0. The maximum atomic E-state index is 12.7. The Morgan fingerprint density at radius 2 is 1.54 bits per heavy atom. The fourth-order valence-corrected chi connectivity index (χ4v) is 6.74. The Labute approximate surface area is 156 Å². The molecule has 5 saturated carbocycles. The van der Waals surface area contributed by atoms with Crippen molar-refractivity contribution < 1.29 is 4.79 Å². The lowest BCUT2D eigenvalue weighted by Crippen LogP contribution is -2.54. The first kappa shape index (κ1) is 16.6. The second-order valence-electron chi connectivity index (χ2n) is 9.63. The zero-order chi connectivity index (χ0) is 17.7. The van der Waals surface area contributed by atoms with E-state index in [2.05, 4.69) is 22.8 Å². The summed E-state index contributed by atoms with van der Waals surface area (Å²) in [5, 5.41) is 7.12. The molecule has 0 aromatic heterocycles. The number of benzene rings is 1. The molecule has 2 atom stereocenters. The van der Waals surface area contributed by atoms with Crippen LogP contribution in [0.3, 0.4) is 0 Å². The summed E-state index contributed by atoms with van der Waals surface area (Å²) in [5.41, 5.74) is 8.29. The summed E-state index contributed by atoms with van der Waals surface area (Å²) in [5.74, 6) is 2.94. The van der Waals surface area contributed by atoms with E-state index in [9.17, 15) is 4.79 Å². The van der Waals surface area contributed by atoms with Crippen LogP contribution in [0.4, 0.5) is 11.4 Å². The van der Waals surface area contributed by atoms with Crippen molar-refractivity contribution in [2.24, 2.45) is 29.4 Å². The number of hydrogen-bond acceptors (Lipinski definition) is 3. The molecule has 1 aromatic rings. The van der Waals surface area contributed by atoms with Gasteiger partial charge in [-0.3, -0.25) is 4.79 Å². The topological polar surface area (TPSA) is 67.2 Å². The minimum absolute atomic E-state index is 0.0672. The molecule has 26 heavy (non-hydrogen) atoms. The highest BCUT2D eigenvalue weighted by Crippen LogP contribution is 2.56. The SMILES string of the molecule is NC1CCC(C(=O)Nc2ccccc2NC23CC4CC(CC(C4)C2)C3)C1. The van der Waals surface area contributed by atoms with Gasteiger partial charge in [0.05, 0.1) is 11.4 Å². The number of rotatable bonds is 4. The average molecular weight is 354 g/mol. The lowest BCUT2D eigenvalue weighted by molar-refractivity contribution is -0.119. The zero-order valence-electron chi connectivity index (χ0n) is 15.5. The van der Waals surface area contributed by atoms with Crippen molar-refractivity contribution in [2.75, 3.05) is 10.6 Å². The molecule has 5 aliphatic rings. The van der Waals surface area contributed by atoms with Gasteiger partial charge in [0.15, 0.2) is 0 Å². The van der Waals surface area contributed by atoms with Crippen LogP contribution in [0.15, 0.2) is 24.3 Å². The third-order valence-corrected chi connectivity index (χ3v) is 7.47. The zero-order valence-corrected chi connectivity index (χ0v) is 15.5. The number of carbonyl (C=O) groups excluding carboxylic acids is 1. The van der Waals surface area contributed by atoms with E-state index in [0.29, 0.717) is 0 Å². The van der Waals surface area contributed by atoms with Crippen molar-refractivity contribution >= 4 is 17.3 Å². The third-order valence-electron chi connectivity index (χ3n) is 7.47. The number of amides is 1. The number of carbonyl (C=O) groups is 1. The quantitative estimate of drug-likeness (QED) is 0.762. The Morgan fingerprint density at radius 1 is 0.923 bits per heavy atom. The molecule has 0 spiro atoms. The van der Waals surface area contributed by atoms with Crippen molar-refractivity contribution in [1.82, 2.24) is 0 Å². The molecule has 0 aliphatic heterocycles. The second kappa shape index (κ2) is 6.26. The molecular weight excluding hydrogens is 322 g/mol. The molecule has 4 heteroatoms. The predicted molar refractivity (Wildman–Crippen MR) is 105 cm³/mol. The van der Waals surface area contributed by atoms with E-state index in [4.69, 9.17) is 5.73 Å². The van der Waals surface area contributed by atoms with Crippen LogP contribution < -0.4 is 16.4 Å². The maximum Gasteiger partial charge on any atom is 0.227 e. The number of hydrogen-bond donors (Lipinski definition) is 3. The standard InChI is InChI=1S/C22H31N3O/c23-18-6-5-17(10-18)21(26)24-19-3-1-2-4-20(19)25-22-11-14-7-15(12-22)9-16(8-14)13-22/h1-4,14-18,25H,5-13,23H2,(H,24,26). The molecule has 6 rings (SSSR count). The largest absolute Gasteiger partial charge is 0.378 e. The molecule has 1 amide bonds. The normalized spacial score (nSPS) is 40.6. The highest BCUT2D eigenvalue weighted by atomic mass is 16.1. The van der Waals surface area contributed by atoms with Crippen molar-refractivity contribution in [3.63, 3.8) is 0 Å². The minimum atomic E-state index is 0.0672. The summed E-state index contributed by atoms with van der Waals surface area (Å²) in [6, 6.07) is 8.45. The fourth-order valence-electron chi connectivity index (χ4n) is 6.74. The van der Waals surface area contributed by atoms with Crippen LogP contribution in [0.5, 0.6) is 0 Å². The number of anilines is 2. The smallest absolute Gasteiger partial charge is 0.227 e. The molecular formula is C22H31N3O. The van der Waals surface area contributed by atoms with Gasteiger partial charge in [-0.25, -0.2) is 0 Å². The molecule has 4 bridgehead atoms. The van der Waals surface area contributed by atoms with Crippen LogP contribution in [0.1, 0.15) is 57.8 Å². The molecule has 0 heterocycles. The van der Waals surface area contributed by atoms with Crippen LogP contribution in [-0.2, 0) is 4.79 Å². The van der Waals surface area contributed by atoms with Gasteiger partial charge in [-0.1, -0.05) is 12.1 Å². The molecule has 4 nitrogen and oxygen atoms in total. The molecule has 4 N–H and O–H groups in total. The molecule has 5 fully saturated rings. The summed E-state index contributed by atoms with van der Waals surface area (Å²) >= 11 is 0. The molecule has 140 valence electrons. The Kier molecular flexibility index (Phi) is 4.00. The van der Waals surface area contributed by atoms with Crippen molar-refractivity contribution in [2.45, 2.75) is 69.4 Å². The van der Waals surface area contributed by atoms with Crippen molar-refractivity contribution in [3.8, 4) is 0 Å². The first-order valence-electron chi connectivity index (χ1n) is 10.5. The molecule has 1 aromatic carbocycles. The fraction of sp³-hybridized carbons (Fsp3) is 0.682. The van der Waals surface area contributed by atoms with Gasteiger partial charge in [0.25, 0.3) is 0 Å². The van der Waals surface area contributed by atoms with Gasteiger partial charge in [0.1, 0.15) is 0 Å². The van der Waals surface area contributed by atoms with Gasteiger partial charge in [0, 0.05) is 17.5 Å². The predicted octanol–water partition coefficient (Wildman–Crippen LogP) is 4.13. The van der Waals surface area contributed by atoms with Crippen LogP contribution in [0, 0.1) is 23.7 Å². The van der Waals surface area contributed by atoms with E-state index in [1.807, 2.05) is 12.1 Å². The lowest BCUT2D eigenvalue weighted by Gasteiger charge is -2.57. The van der Waals surface area contributed by atoms with Gasteiger partial charge < -0.3 is 16.4 Å². The first-order chi connectivity index (χ1) is 12.6. The van der Waals surface area contributed by atoms with Crippen molar-refractivity contribution in [1.29, 1.82) is 0 Å². The lowest BCUT2D eigenvalue weighted by atomic mass is 9.53. The van der Waals surface area contributed by atoms with Gasteiger partial charge >= 0.3 is 0 Å². The van der Waals surface area contributed by atoms with Crippen LogP contribution in [-0.4, -0.2) is 17.5 Å². The summed E-state index contributed by atoms with van der Waals surface area (Å²) in [6.07, 6.45) is 10.9. The monoisotopic (exact) mass is 353 g/mol. The molecule has 5 aliphatic carbocycles. The van der Waals surface area contributed by atoms with Gasteiger partial charge in [-0.2, -0.15) is 0 Å². The van der Waals surface area contributed by atoms with E-state index in [0.717, 1.165) is 48.4 Å². The summed E-state index contributed by atoms with van der Waals surface area (Å²) in [4.78, 5) is 12.7. The van der Waals surface area contributed by atoms with Crippen LogP contribution in [0.2, 0.25) is 0 Å². The first-order valence-corrected chi connectivity index (χ1v) is 10.5. The van der Waals surface area contributed by atoms with Gasteiger partial charge in [0.2, 0.25) is 5.91 Å². The van der Waals surface area contributed by atoms with Gasteiger partial charge in [-0.15, -0.1) is 0 Å². The minimum Gasteiger partial charge on any atom is -0.378 e. The van der Waals surface area contributed by atoms with Crippen LogP contribution >= 0.6 is 0 Å². The average Bonchev–Trinajstić information content (AvgIpc) is 3.02. The third kappa shape index (κ3) is 3.02. The van der Waals surface area contributed by atoms with E-state index in [1.54, 1.807) is 0 Å². The second-order valence-corrected chi connectivity index (χ2v) is 9.63. The van der Waals surface area contributed by atoms with Crippen LogP contribution in [0.25, 0.3) is 0 Å². The van der Waals surface area contributed by atoms with Gasteiger partial charge in [-0.05, 0) is 87.7 Å². The highest BCUT2D eigenvalue weighted by Gasteiger charge is 2.51. The Bertz CT molecular complexity index is 665. The Balaban J connectivity index is 1.33. The summed E-state index contributed by atoms with van der Waals surface area (Å²) in [6.45, 7) is 0. The number of nitrogens with two attached hydrogens (primary N) is 1. The maximum absolute atomic E-state index is 12.7. The molecule has 0 saturated heterocycles. The Morgan fingerprint density at radius 3 is 2.12 bits per heavy atom.